The lowest BCUT2D eigenvalue weighted by Gasteiger charge is -2.15. The van der Waals surface area contributed by atoms with Gasteiger partial charge in [0, 0.05) is 18.7 Å². The summed E-state index contributed by atoms with van der Waals surface area (Å²) in [7, 11) is 0. The first kappa shape index (κ1) is 20.3. The summed E-state index contributed by atoms with van der Waals surface area (Å²) in [5, 5.41) is 6.76. The highest BCUT2D eigenvalue weighted by molar-refractivity contribution is 5.79. The number of guanidine groups is 1. The highest BCUT2D eigenvalue weighted by atomic mass is 16.5. The van der Waals surface area contributed by atoms with Gasteiger partial charge in [0.05, 0.1) is 6.54 Å². The topological polar surface area (TPSA) is 48.9 Å². The summed E-state index contributed by atoms with van der Waals surface area (Å²) in [4.78, 5) is 7.27. The molecule has 0 amide bonds. The van der Waals surface area contributed by atoms with Gasteiger partial charge >= 0.3 is 0 Å². The van der Waals surface area contributed by atoms with Crippen molar-refractivity contribution >= 4 is 5.96 Å². The van der Waals surface area contributed by atoms with Gasteiger partial charge in [0.2, 0.25) is 0 Å². The zero-order chi connectivity index (χ0) is 18.5. The lowest BCUT2D eigenvalue weighted by Crippen LogP contribution is -2.38. The summed E-state index contributed by atoms with van der Waals surface area (Å²) in [5.41, 5.74) is 1.08. The predicted octanol–water partition coefficient (Wildman–Crippen LogP) is 3.18. The summed E-state index contributed by atoms with van der Waals surface area (Å²) in [5.74, 6) is 1.74. The predicted molar refractivity (Wildman–Crippen MR) is 110 cm³/mol. The molecular formula is C21H34N4O. The van der Waals surface area contributed by atoms with Crippen LogP contribution in [-0.2, 0) is 6.54 Å². The molecule has 0 radical (unpaired) electrons. The Balaban J connectivity index is 1.77. The molecule has 5 heteroatoms. The van der Waals surface area contributed by atoms with Crippen molar-refractivity contribution in [2.75, 3.05) is 39.3 Å². The van der Waals surface area contributed by atoms with Crippen LogP contribution in [0, 0.1) is 0 Å². The van der Waals surface area contributed by atoms with Crippen LogP contribution in [0.3, 0.4) is 0 Å². The Morgan fingerprint density at radius 2 is 2.04 bits per heavy atom. The number of unbranched alkanes of at least 4 members (excludes halogenated alkanes) is 1. The third-order valence-electron chi connectivity index (χ3n) is 4.47. The first-order valence-electron chi connectivity index (χ1n) is 9.89. The number of ether oxygens (including phenoxy) is 1. The van der Waals surface area contributed by atoms with Crippen LogP contribution in [0.5, 0.6) is 5.75 Å². The average Bonchev–Trinajstić information content (AvgIpc) is 3.18. The molecular weight excluding hydrogens is 324 g/mol. The fourth-order valence-corrected chi connectivity index (χ4v) is 3.10. The minimum Gasteiger partial charge on any atom is -0.489 e. The summed E-state index contributed by atoms with van der Waals surface area (Å²) in [6.45, 7) is 12.5. The SMILES string of the molecule is C=CCOc1ccccc1CN=C(NCC)NCCCCN1CCCC1. The third kappa shape index (κ3) is 7.48. The molecule has 1 aromatic rings. The van der Waals surface area contributed by atoms with Gasteiger partial charge in [0.25, 0.3) is 0 Å². The Bertz CT molecular complexity index is 553. The molecule has 1 saturated heterocycles. The molecule has 0 atom stereocenters. The fourth-order valence-electron chi connectivity index (χ4n) is 3.10. The lowest BCUT2D eigenvalue weighted by molar-refractivity contribution is 0.330. The molecule has 1 aromatic carbocycles. The van der Waals surface area contributed by atoms with Gasteiger partial charge in [0.15, 0.2) is 5.96 Å². The zero-order valence-electron chi connectivity index (χ0n) is 16.2. The molecule has 0 unspecified atom stereocenters. The van der Waals surface area contributed by atoms with E-state index in [1.54, 1.807) is 6.08 Å². The Morgan fingerprint density at radius 3 is 2.81 bits per heavy atom. The molecule has 0 spiro atoms. The Labute approximate surface area is 158 Å². The van der Waals surface area contributed by atoms with Crippen LogP contribution in [0.15, 0.2) is 41.9 Å². The second-order valence-electron chi connectivity index (χ2n) is 6.59. The molecule has 1 aliphatic heterocycles. The van der Waals surface area contributed by atoms with Gasteiger partial charge < -0.3 is 20.3 Å². The van der Waals surface area contributed by atoms with E-state index in [4.69, 9.17) is 9.73 Å². The van der Waals surface area contributed by atoms with Crippen molar-refractivity contribution in [1.29, 1.82) is 0 Å². The van der Waals surface area contributed by atoms with E-state index in [-0.39, 0.29) is 0 Å². The molecule has 0 saturated carbocycles. The fraction of sp³-hybridized carbons (Fsp3) is 0.571. The molecule has 1 fully saturated rings. The maximum Gasteiger partial charge on any atom is 0.191 e. The quantitative estimate of drug-likeness (QED) is 0.276. The van der Waals surface area contributed by atoms with E-state index >= 15 is 0 Å². The minimum atomic E-state index is 0.510. The average molecular weight is 359 g/mol. The summed E-state index contributed by atoms with van der Waals surface area (Å²) in [6, 6.07) is 8.04. The summed E-state index contributed by atoms with van der Waals surface area (Å²) < 4.78 is 5.71. The molecule has 144 valence electrons. The van der Waals surface area contributed by atoms with Gasteiger partial charge in [-0.15, -0.1) is 0 Å². The number of likely N-dealkylation sites (tertiary alicyclic amines) is 1. The van der Waals surface area contributed by atoms with Crippen molar-refractivity contribution in [3.63, 3.8) is 0 Å². The van der Waals surface area contributed by atoms with E-state index in [0.717, 1.165) is 30.4 Å². The molecule has 26 heavy (non-hydrogen) atoms. The largest absolute Gasteiger partial charge is 0.489 e. The smallest absolute Gasteiger partial charge is 0.191 e. The maximum absolute atomic E-state index is 5.71. The number of para-hydroxylation sites is 1. The van der Waals surface area contributed by atoms with Crippen molar-refractivity contribution in [3.8, 4) is 5.75 Å². The number of aliphatic imine (C=N–C) groups is 1. The van der Waals surface area contributed by atoms with Crippen LogP contribution in [0.1, 0.15) is 38.2 Å². The van der Waals surface area contributed by atoms with Crippen LogP contribution in [-0.4, -0.2) is 50.2 Å². The monoisotopic (exact) mass is 358 g/mol. The number of rotatable bonds is 11. The van der Waals surface area contributed by atoms with Crippen LogP contribution >= 0.6 is 0 Å². The van der Waals surface area contributed by atoms with E-state index in [9.17, 15) is 0 Å². The van der Waals surface area contributed by atoms with Crippen molar-refractivity contribution in [3.05, 3.63) is 42.5 Å². The second-order valence-corrected chi connectivity index (χ2v) is 6.59. The first-order chi connectivity index (χ1) is 12.8. The number of hydrogen-bond donors (Lipinski definition) is 2. The van der Waals surface area contributed by atoms with Crippen LogP contribution < -0.4 is 15.4 Å². The van der Waals surface area contributed by atoms with Gasteiger partial charge in [-0.2, -0.15) is 0 Å². The van der Waals surface area contributed by atoms with Crippen molar-refractivity contribution in [2.24, 2.45) is 4.99 Å². The van der Waals surface area contributed by atoms with E-state index in [1.165, 1.54) is 45.3 Å². The third-order valence-corrected chi connectivity index (χ3v) is 4.47. The minimum absolute atomic E-state index is 0.510. The number of benzene rings is 1. The van der Waals surface area contributed by atoms with E-state index in [1.807, 2.05) is 18.2 Å². The molecule has 2 rings (SSSR count). The molecule has 1 heterocycles. The molecule has 0 bridgehead atoms. The van der Waals surface area contributed by atoms with Crippen molar-refractivity contribution in [2.45, 2.75) is 39.2 Å². The van der Waals surface area contributed by atoms with E-state index < -0.39 is 0 Å². The van der Waals surface area contributed by atoms with Gasteiger partial charge in [-0.25, -0.2) is 4.99 Å². The van der Waals surface area contributed by atoms with E-state index in [2.05, 4.69) is 35.1 Å². The molecule has 2 N–H and O–H groups in total. The number of nitrogens with one attached hydrogen (secondary N) is 2. The lowest BCUT2D eigenvalue weighted by atomic mass is 10.2. The normalized spacial score (nSPS) is 15.0. The van der Waals surface area contributed by atoms with Crippen LogP contribution in [0.4, 0.5) is 0 Å². The van der Waals surface area contributed by atoms with Gasteiger partial charge in [0.1, 0.15) is 12.4 Å². The van der Waals surface area contributed by atoms with Crippen molar-refractivity contribution < 1.29 is 4.74 Å². The molecule has 0 aliphatic carbocycles. The van der Waals surface area contributed by atoms with Crippen LogP contribution in [0.2, 0.25) is 0 Å². The highest BCUT2D eigenvalue weighted by Gasteiger charge is 2.10. The Morgan fingerprint density at radius 1 is 1.23 bits per heavy atom. The first-order valence-corrected chi connectivity index (χ1v) is 9.89. The van der Waals surface area contributed by atoms with Gasteiger partial charge in [-0.05, 0) is 58.3 Å². The zero-order valence-corrected chi connectivity index (χ0v) is 16.2. The maximum atomic E-state index is 5.71. The molecule has 0 aromatic heterocycles. The molecule has 1 aliphatic rings. The Kier molecular flexibility index (Phi) is 9.65. The summed E-state index contributed by atoms with van der Waals surface area (Å²) in [6.07, 6.45) is 6.90. The number of nitrogens with zero attached hydrogens (tertiary/aromatic N) is 2. The van der Waals surface area contributed by atoms with Gasteiger partial charge in [-0.1, -0.05) is 30.9 Å². The summed E-state index contributed by atoms with van der Waals surface area (Å²) >= 11 is 0. The van der Waals surface area contributed by atoms with E-state index in [0.29, 0.717) is 13.2 Å². The Hall–Kier alpha value is -2.01. The standard InChI is InChI=1S/C21H34N4O/c1-3-17-26-20-12-6-5-11-19(20)18-24-21(22-4-2)23-13-7-8-14-25-15-9-10-16-25/h3,5-6,11-12H,1,4,7-10,13-18H2,2H3,(H2,22,23,24). The van der Waals surface area contributed by atoms with Crippen molar-refractivity contribution in [1.82, 2.24) is 15.5 Å². The van der Waals surface area contributed by atoms with Crippen LogP contribution in [0.25, 0.3) is 0 Å². The second kappa shape index (κ2) is 12.4. The van der Waals surface area contributed by atoms with Gasteiger partial charge in [-0.3, -0.25) is 0 Å². The number of hydrogen-bond acceptors (Lipinski definition) is 3. The molecule has 5 nitrogen and oxygen atoms in total. The highest BCUT2D eigenvalue weighted by Crippen LogP contribution is 2.18.